The lowest BCUT2D eigenvalue weighted by atomic mass is 9.79. The summed E-state index contributed by atoms with van der Waals surface area (Å²) in [5, 5.41) is 5.96. The van der Waals surface area contributed by atoms with Crippen LogP contribution in [-0.4, -0.2) is 59.3 Å². The summed E-state index contributed by atoms with van der Waals surface area (Å²) in [7, 11) is 1.65. The van der Waals surface area contributed by atoms with E-state index in [9.17, 15) is 0 Å². The molecule has 2 saturated heterocycles. The predicted molar refractivity (Wildman–Crippen MR) is 103 cm³/mol. The quantitative estimate of drug-likeness (QED) is 0.783. The van der Waals surface area contributed by atoms with Gasteiger partial charge in [0, 0.05) is 32.1 Å². The maximum absolute atomic E-state index is 6.19. The Morgan fingerprint density at radius 2 is 1.73 bits per heavy atom. The van der Waals surface area contributed by atoms with Gasteiger partial charge in [0.15, 0.2) is 0 Å². The van der Waals surface area contributed by atoms with Crippen molar-refractivity contribution in [2.75, 3.05) is 26.3 Å². The molecule has 0 saturated carbocycles. The van der Waals surface area contributed by atoms with Crippen molar-refractivity contribution >= 4 is 23.5 Å². The number of ether oxygens (including phenoxy) is 1. The maximum Gasteiger partial charge on any atom is 0.494 e. The number of hydrogen-bond acceptors (Lipinski definition) is 5. The largest absolute Gasteiger partial charge is 0.494 e. The Kier molecular flexibility index (Phi) is 4.38. The minimum absolute atomic E-state index is 0.333. The SMILES string of the molecule is Cn1nc(CN2CCOCC2)c2ccc(B3OC(C)(C)C(C)(C)O3)cc21. The molecule has 6 nitrogen and oxygen atoms in total. The zero-order valence-electron chi connectivity index (χ0n) is 16.4. The van der Waals surface area contributed by atoms with Gasteiger partial charge in [-0.05, 0) is 39.2 Å². The van der Waals surface area contributed by atoms with Crippen LogP contribution in [0.4, 0.5) is 0 Å². The lowest BCUT2D eigenvalue weighted by molar-refractivity contribution is 0.00578. The monoisotopic (exact) mass is 357 g/mol. The van der Waals surface area contributed by atoms with Crippen LogP contribution in [0.15, 0.2) is 18.2 Å². The Morgan fingerprint density at radius 3 is 2.38 bits per heavy atom. The highest BCUT2D eigenvalue weighted by Crippen LogP contribution is 2.36. The van der Waals surface area contributed by atoms with E-state index in [2.05, 4.69) is 50.8 Å². The molecule has 0 atom stereocenters. The van der Waals surface area contributed by atoms with E-state index < -0.39 is 0 Å². The summed E-state index contributed by atoms with van der Waals surface area (Å²) in [6, 6.07) is 6.40. The van der Waals surface area contributed by atoms with Crippen molar-refractivity contribution in [1.82, 2.24) is 14.7 Å². The summed E-state index contributed by atoms with van der Waals surface area (Å²) in [6.45, 7) is 12.7. The van der Waals surface area contributed by atoms with Crippen LogP contribution in [-0.2, 0) is 27.6 Å². The van der Waals surface area contributed by atoms with Crippen LogP contribution in [0.1, 0.15) is 33.4 Å². The summed E-state index contributed by atoms with van der Waals surface area (Å²) in [5.74, 6) is 0. The van der Waals surface area contributed by atoms with Gasteiger partial charge in [-0.25, -0.2) is 0 Å². The fourth-order valence-corrected chi connectivity index (χ4v) is 3.56. The molecule has 4 rings (SSSR count). The normalized spacial score (nSPS) is 23.0. The standard InChI is InChI=1S/C19H28BN3O3/c1-18(2)19(3,4)26-20(25-18)14-6-7-15-16(21-22(5)17(15)12-14)13-23-8-10-24-11-9-23/h6-7,12H,8-11,13H2,1-5H3. The zero-order valence-corrected chi connectivity index (χ0v) is 16.4. The molecule has 0 radical (unpaired) electrons. The Hall–Kier alpha value is -1.41. The number of hydrogen-bond donors (Lipinski definition) is 0. The van der Waals surface area contributed by atoms with Crippen LogP contribution in [0, 0.1) is 0 Å². The van der Waals surface area contributed by atoms with E-state index in [-0.39, 0.29) is 18.3 Å². The molecule has 2 aliphatic rings. The van der Waals surface area contributed by atoms with Crippen molar-refractivity contribution in [3.8, 4) is 0 Å². The van der Waals surface area contributed by atoms with Gasteiger partial charge < -0.3 is 14.0 Å². The van der Waals surface area contributed by atoms with Crippen LogP contribution in [0.3, 0.4) is 0 Å². The summed E-state index contributed by atoms with van der Waals surface area (Å²) < 4.78 is 19.8. The number of nitrogens with zero attached hydrogens (tertiary/aromatic N) is 3. The van der Waals surface area contributed by atoms with Crippen molar-refractivity contribution in [2.45, 2.75) is 45.4 Å². The Morgan fingerprint density at radius 1 is 1.08 bits per heavy atom. The molecular formula is C19H28BN3O3. The smallest absolute Gasteiger partial charge is 0.399 e. The molecule has 0 N–H and O–H groups in total. The van der Waals surface area contributed by atoms with Crippen molar-refractivity contribution in [3.05, 3.63) is 23.9 Å². The van der Waals surface area contributed by atoms with Gasteiger partial charge in [-0.3, -0.25) is 9.58 Å². The molecule has 0 spiro atoms. The summed E-state index contributed by atoms with van der Waals surface area (Å²) in [5.41, 5.74) is 2.60. The van der Waals surface area contributed by atoms with Gasteiger partial charge >= 0.3 is 7.12 Å². The first-order valence-electron chi connectivity index (χ1n) is 9.38. The molecule has 1 aromatic heterocycles. The van der Waals surface area contributed by atoms with Crippen LogP contribution in [0.2, 0.25) is 0 Å². The molecule has 1 aromatic carbocycles. The molecule has 0 unspecified atom stereocenters. The highest BCUT2D eigenvalue weighted by Gasteiger charge is 2.51. The fourth-order valence-electron chi connectivity index (χ4n) is 3.56. The van der Waals surface area contributed by atoms with Crippen molar-refractivity contribution < 1.29 is 14.0 Å². The van der Waals surface area contributed by atoms with Crippen LogP contribution in [0.5, 0.6) is 0 Å². The number of morpholine rings is 1. The van der Waals surface area contributed by atoms with Gasteiger partial charge in [0.1, 0.15) is 0 Å². The molecule has 26 heavy (non-hydrogen) atoms. The summed E-state index contributed by atoms with van der Waals surface area (Å²) in [4.78, 5) is 2.40. The van der Waals surface area contributed by atoms with E-state index >= 15 is 0 Å². The molecule has 0 aliphatic carbocycles. The minimum Gasteiger partial charge on any atom is -0.399 e. The summed E-state index contributed by atoms with van der Waals surface area (Å²) >= 11 is 0. The van der Waals surface area contributed by atoms with Crippen molar-refractivity contribution in [1.29, 1.82) is 0 Å². The third-order valence-electron chi connectivity index (χ3n) is 5.95. The second kappa shape index (κ2) is 6.34. The van der Waals surface area contributed by atoms with Crippen molar-refractivity contribution in [3.63, 3.8) is 0 Å². The number of benzene rings is 1. The lowest BCUT2D eigenvalue weighted by Gasteiger charge is -2.32. The predicted octanol–water partition coefficient (Wildman–Crippen LogP) is 1.70. The molecule has 7 heteroatoms. The Balaban J connectivity index is 1.61. The number of fused-ring (bicyclic) bond motifs is 1. The number of aromatic nitrogens is 2. The number of rotatable bonds is 3. The van der Waals surface area contributed by atoms with E-state index in [1.807, 2.05) is 11.7 Å². The topological polar surface area (TPSA) is 48.8 Å². The molecular weight excluding hydrogens is 329 g/mol. The van der Waals surface area contributed by atoms with E-state index in [0.717, 1.165) is 49.5 Å². The molecule has 2 fully saturated rings. The van der Waals surface area contributed by atoms with Gasteiger partial charge in [0.2, 0.25) is 0 Å². The zero-order chi connectivity index (χ0) is 18.5. The van der Waals surface area contributed by atoms with E-state index in [4.69, 9.17) is 19.1 Å². The molecule has 0 amide bonds. The minimum atomic E-state index is -0.345. The van der Waals surface area contributed by atoms with E-state index in [1.165, 1.54) is 5.39 Å². The fraction of sp³-hybridized carbons (Fsp3) is 0.632. The Bertz CT molecular complexity index is 796. The van der Waals surface area contributed by atoms with Gasteiger partial charge in [-0.15, -0.1) is 0 Å². The van der Waals surface area contributed by atoms with Gasteiger partial charge in [0.25, 0.3) is 0 Å². The van der Waals surface area contributed by atoms with E-state index in [0.29, 0.717) is 0 Å². The third-order valence-corrected chi connectivity index (χ3v) is 5.95. The average Bonchev–Trinajstić information content (AvgIpc) is 3.01. The molecule has 2 aliphatic heterocycles. The highest BCUT2D eigenvalue weighted by molar-refractivity contribution is 6.62. The van der Waals surface area contributed by atoms with Gasteiger partial charge in [-0.1, -0.05) is 12.1 Å². The number of aryl methyl sites for hydroxylation is 1. The molecule has 0 bridgehead atoms. The van der Waals surface area contributed by atoms with Gasteiger partial charge in [-0.2, -0.15) is 5.10 Å². The van der Waals surface area contributed by atoms with Crippen LogP contribution >= 0.6 is 0 Å². The first kappa shape index (κ1) is 18.0. The molecule has 140 valence electrons. The highest BCUT2D eigenvalue weighted by atomic mass is 16.7. The van der Waals surface area contributed by atoms with Crippen LogP contribution < -0.4 is 5.46 Å². The molecule has 3 heterocycles. The second-order valence-electron chi connectivity index (χ2n) is 8.32. The van der Waals surface area contributed by atoms with E-state index in [1.54, 1.807) is 0 Å². The third kappa shape index (κ3) is 3.07. The first-order chi connectivity index (χ1) is 12.3. The van der Waals surface area contributed by atoms with Gasteiger partial charge in [0.05, 0.1) is 35.6 Å². The second-order valence-corrected chi connectivity index (χ2v) is 8.32. The summed E-state index contributed by atoms with van der Waals surface area (Å²) in [6.07, 6.45) is 0. The Labute approximate surface area is 155 Å². The average molecular weight is 357 g/mol. The first-order valence-corrected chi connectivity index (χ1v) is 9.38. The van der Waals surface area contributed by atoms with Crippen LogP contribution in [0.25, 0.3) is 10.9 Å². The van der Waals surface area contributed by atoms with Crippen molar-refractivity contribution in [2.24, 2.45) is 7.05 Å². The molecule has 2 aromatic rings. The lowest BCUT2D eigenvalue weighted by Crippen LogP contribution is -2.41. The maximum atomic E-state index is 6.19.